The molecule has 0 amide bonds. The summed E-state index contributed by atoms with van der Waals surface area (Å²) in [5, 5.41) is 8.81. The van der Waals surface area contributed by atoms with Crippen molar-refractivity contribution in [3.8, 4) is 0 Å². The van der Waals surface area contributed by atoms with Crippen LogP contribution in [-0.4, -0.2) is 10.2 Å². The number of thiophene rings is 1. The molecule has 0 bridgehead atoms. The molecule has 0 spiro atoms. The molecular formula is C6H4N2OS. The summed E-state index contributed by atoms with van der Waals surface area (Å²) in [5.74, 6) is 0. The van der Waals surface area contributed by atoms with E-state index < -0.39 is 0 Å². The number of fused-ring (bicyclic) bond motifs is 1. The summed E-state index contributed by atoms with van der Waals surface area (Å²) in [5.41, 5.74) is -0.104. The normalized spacial score (nSPS) is 10.4. The highest BCUT2D eigenvalue weighted by atomic mass is 32.1. The van der Waals surface area contributed by atoms with Crippen molar-refractivity contribution in [2.24, 2.45) is 0 Å². The summed E-state index contributed by atoms with van der Waals surface area (Å²) in [4.78, 5) is 10.9. The van der Waals surface area contributed by atoms with Gasteiger partial charge in [-0.15, -0.1) is 11.3 Å². The molecule has 0 saturated carbocycles. The maximum absolute atomic E-state index is 10.9. The van der Waals surface area contributed by atoms with Crippen molar-refractivity contribution in [1.82, 2.24) is 10.2 Å². The van der Waals surface area contributed by atoms with Crippen LogP contribution in [0.3, 0.4) is 0 Å². The van der Waals surface area contributed by atoms with Crippen molar-refractivity contribution in [1.29, 1.82) is 0 Å². The van der Waals surface area contributed by atoms with E-state index >= 15 is 0 Å². The molecule has 2 rings (SSSR count). The zero-order chi connectivity index (χ0) is 6.97. The highest BCUT2D eigenvalue weighted by Crippen LogP contribution is 2.13. The Hall–Kier alpha value is -1.16. The molecule has 0 fully saturated rings. The number of nitrogens with one attached hydrogen (secondary N) is 1. The van der Waals surface area contributed by atoms with Gasteiger partial charge in [0, 0.05) is 5.39 Å². The van der Waals surface area contributed by atoms with E-state index in [1.54, 1.807) is 6.20 Å². The number of H-pyrrole nitrogens is 1. The quantitative estimate of drug-likeness (QED) is 0.611. The van der Waals surface area contributed by atoms with Gasteiger partial charge in [-0.25, -0.2) is 5.10 Å². The Morgan fingerprint density at radius 3 is 3.30 bits per heavy atom. The number of aromatic nitrogens is 2. The molecular weight excluding hydrogens is 148 g/mol. The van der Waals surface area contributed by atoms with Gasteiger partial charge in [0.05, 0.1) is 6.20 Å². The minimum absolute atomic E-state index is 0.104. The van der Waals surface area contributed by atoms with Crippen LogP contribution in [0.2, 0.25) is 0 Å². The molecule has 1 N–H and O–H groups in total. The van der Waals surface area contributed by atoms with Gasteiger partial charge in [-0.3, -0.25) is 4.79 Å². The summed E-state index contributed by atoms with van der Waals surface area (Å²) in [6.45, 7) is 0. The average molecular weight is 152 g/mol. The molecule has 0 saturated heterocycles. The Morgan fingerprint density at radius 1 is 1.60 bits per heavy atom. The van der Waals surface area contributed by atoms with Crippen LogP contribution in [-0.2, 0) is 0 Å². The SMILES string of the molecule is O=c1[nH]ncc2ccsc12. The van der Waals surface area contributed by atoms with Crippen molar-refractivity contribution < 1.29 is 0 Å². The minimum Gasteiger partial charge on any atom is -0.266 e. The monoisotopic (exact) mass is 152 g/mol. The molecule has 0 unspecified atom stereocenters. The van der Waals surface area contributed by atoms with Crippen molar-refractivity contribution in [3.63, 3.8) is 0 Å². The third-order valence-corrected chi connectivity index (χ3v) is 2.20. The largest absolute Gasteiger partial charge is 0.282 e. The second-order valence-corrected chi connectivity index (χ2v) is 2.82. The second kappa shape index (κ2) is 1.91. The van der Waals surface area contributed by atoms with E-state index in [2.05, 4.69) is 10.2 Å². The highest BCUT2D eigenvalue weighted by Gasteiger charge is 1.96. The first kappa shape index (κ1) is 5.61. The zero-order valence-electron chi connectivity index (χ0n) is 5.00. The van der Waals surface area contributed by atoms with E-state index in [1.807, 2.05) is 11.4 Å². The van der Waals surface area contributed by atoms with Crippen molar-refractivity contribution in [2.45, 2.75) is 0 Å². The fourth-order valence-corrected chi connectivity index (χ4v) is 1.58. The smallest absolute Gasteiger partial charge is 0.266 e. The first-order valence-corrected chi connectivity index (χ1v) is 3.67. The zero-order valence-corrected chi connectivity index (χ0v) is 5.81. The van der Waals surface area contributed by atoms with Gasteiger partial charge in [0.1, 0.15) is 4.70 Å². The second-order valence-electron chi connectivity index (χ2n) is 1.90. The molecule has 4 heteroatoms. The number of hydrogen-bond donors (Lipinski definition) is 1. The molecule has 3 nitrogen and oxygen atoms in total. The lowest BCUT2D eigenvalue weighted by atomic mass is 10.4. The van der Waals surface area contributed by atoms with Gasteiger partial charge in [-0.2, -0.15) is 5.10 Å². The topological polar surface area (TPSA) is 45.8 Å². The van der Waals surface area contributed by atoms with Crippen LogP contribution in [0.1, 0.15) is 0 Å². The molecule has 0 radical (unpaired) electrons. The molecule has 0 aromatic carbocycles. The van der Waals surface area contributed by atoms with Crippen LogP contribution >= 0.6 is 11.3 Å². The standard InChI is InChI=1S/C6H4N2OS/c9-6-5-4(1-2-10-5)3-7-8-6/h1-3H,(H,8,9). The minimum atomic E-state index is -0.104. The predicted molar refractivity (Wildman–Crippen MR) is 40.2 cm³/mol. The highest BCUT2D eigenvalue weighted by molar-refractivity contribution is 7.17. The molecule has 0 aliphatic heterocycles. The van der Waals surface area contributed by atoms with Gasteiger partial charge in [0.2, 0.25) is 0 Å². The maximum Gasteiger partial charge on any atom is 0.282 e. The summed E-state index contributed by atoms with van der Waals surface area (Å²) >= 11 is 1.43. The Morgan fingerprint density at radius 2 is 2.50 bits per heavy atom. The summed E-state index contributed by atoms with van der Waals surface area (Å²) in [7, 11) is 0. The van der Waals surface area contributed by atoms with Gasteiger partial charge >= 0.3 is 0 Å². The van der Waals surface area contributed by atoms with Crippen LogP contribution in [0.4, 0.5) is 0 Å². The average Bonchev–Trinajstić information content (AvgIpc) is 2.36. The van der Waals surface area contributed by atoms with Crippen LogP contribution in [0.5, 0.6) is 0 Å². The summed E-state index contributed by atoms with van der Waals surface area (Å²) in [6, 6.07) is 1.88. The first-order chi connectivity index (χ1) is 4.88. The van der Waals surface area contributed by atoms with Gasteiger partial charge in [0.15, 0.2) is 0 Å². The van der Waals surface area contributed by atoms with Crippen molar-refractivity contribution in [3.05, 3.63) is 28.0 Å². The van der Waals surface area contributed by atoms with Crippen molar-refractivity contribution >= 4 is 21.4 Å². The number of rotatable bonds is 0. The van der Waals surface area contributed by atoms with Crippen LogP contribution in [0.15, 0.2) is 22.4 Å². The third kappa shape index (κ3) is 0.657. The third-order valence-electron chi connectivity index (χ3n) is 1.27. The van der Waals surface area contributed by atoms with Crippen LogP contribution < -0.4 is 5.56 Å². The predicted octanol–water partition coefficient (Wildman–Crippen LogP) is 0.985. The fourth-order valence-electron chi connectivity index (χ4n) is 0.817. The Kier molecular flexibility index (Phi) is 1.07. The van der Waals surface area contributed by atoms with Crippen molar-refractivity contribution in [2.75, 3.05) is 0 Å². The summed E-state index contributed by atoms with van der Waals surface area (Å²) < 4.78 is 0.745. The van der Waals surface area contributed by atoms with E-state index in [1.165, 1.54) is 11.3 Å². The van der Waals surface area contributed by atoms with E-state index in [-0.39, 0.29) is 5.56 Å². The molecule has 0 aliphatic carbocycles. The summed E-state index contributed by atoms with van der Waals surface area (Å²) in [6.07, 6.45) is 1.65. The maximum atomic E-state index is 10.9. The van der Waals surface area contributed by atoms with Gasteiger partial charge in [0.25, 0.3) is 5.56 Å². The lowest BCUT2D eigenvalue weighted by Gasteiger charge is -1.82. The fraction of sp³-hybridized carbons (Fsp3) is 0. The van der Waals surface area contributed by atoms with Gasteiger partial charge < -0.3 is 0 Å². The first-order valence-electron chi connectivity index (χ1n) is 2.79. The van der Waals surface area contributed by atoms with E-state index in [0.29, 0.717) is 0 Å². The van der Waals surface area contributed by atoms with Crippen LogP contribution in [0.25, 0.3) is 10.1 Å². The molecule has 10 heavy (non-hydrogen) atoms. The Bertz CT molecular complexity index is 403. The van der Waals surface area contributed by atoms with E-state index in [9.17, 15) is 4.79 Å². The Labute approximate surface area is 60.3 Å². The molecule has 0 atom stereocenters. The van der Waals surface area contributed by atoms with E-state index in [4.69, 9.17) is 0 Å². The number of aromatic amines is 1. The van der Waals surface area contributed by atoms with E-state index in [0.717, 1.165) is 10.1 Å². The van der Waals surface area contributed by atoms with Crippen LogP contribution in [0, 0.1) is 0 Å². The number of nitrogens with zero attached hydrogens (tertiary/aromatic N) is 1. The number of hydrogen-bond acceptors (Lipinski definition) is 3. The lowest BCUT2D eigenvalue weighted by molar-refractivity contribution is 1.01. The lowest BCUT2D eigenvalue weighted by Crippen LogP contribution is -2.04. The molecule has 2 heterocycles. The van der Waals surface area contributed by atoms with Gasteiger partial charge in [-0.05, 0) is 11.4 Å². The Balaban J connectivity index is 3.09. The molecule has 50 valence electrons. The van der Waals surface area contributed by atoms with Gasteiger partial charge in [-0.1, -0.05) is 0 Å². The molecule has 2 aromatic heterocycles. The molecule has 0 aliphatic rings. The molecule has 2 aromatic rings.